The molecule has 2 bridgehead atoms. The number of hydrogen-bond donors (Lipinski definition) is 0. The number of ether oxygens (including phenoxy) is 2. The monoisotopic (exact) mass is 298 g/mol. The standard InChI is InChI=1S/C20H26O2/c1-19(2)15-9-10-20(19,3)17-16(15)21-18(22-17)14-11-13(14)12-7-5-4-6-8-12/h4-8,13-18H,9-11H2,1-3H3/t13?,14?,15-,16-,17-,18-,20+/m1/s1. The molecule has 0 radical (unpaired) electrons. The smallest absolute Gasteiger partial charge is 0.162 e. The van der Waals surface area contributed by atoms with Gasteiger partial charge in [0.05, 0.1) is 12.2 Å². The van der Waals surface area contributed by atoms with Crippen molar-refractivity contribution in [1.29, 1.82) is 0 Å². The molecule has 4 aliphatic rings. The average molecular weight is 298 g/mol. The first kappa shape index (κ1) is 13.6. The summed E-state index contributed by atoms with van der Waals surface area (Å²) in [6, 6.07) is 10.9. The molecule has 3 saturated carbocycles. The zero-order valence-corrected chi connectivity index (χ0v) is 13.8. The molecule has 0 aromatic heterocycles. The fourth-order valence-corrected chi connectivity index (χ4v) is 5.75. The molecule has 2 heteroatoms. The Bertz CT molecular complexity index is 595. The molecule has 0 spiro atoms. The molecule has 2 nitrogen and oxygen atoms in total. The minimum Gasteiger partial charge on any atom is -0.346 e. The van der Waals surface area contributed by atoms with E-state index < -0.39 is 0 Å². The van der Waals surface area contributed by atoms with Crippen LogP contribution < -0.4 is 0 Å². The summed E-state index contributed by atoms with van der Waals surface area (Å²) in [4.78, 5) is 0. The molecule has 0 amide bonds. The second-order valence-corrected chi connectivity index (χ2v) is 8.73. The summed E-state index contributed by atoms with van der Waals surface area (Å²) in [6.45, 7) is 7.29. The van der Waals surface area contributed by atoms with E-state index >= 15 is 0 Å². The Morgan fingerprint density at radius 1 is 1.05 bits per heavy atom. The summed E-state index contributed by atoms with van der Waals surface area (Å²) in [6.07, 6.45) is 4.54. The maximum Gasteiger partial charge on any atom is 0.162 e. The van der Waals surface area contributed by atoms with Gasteiger partial charge >= 0.3 is 0 Å². The third-order valence-corrected chi connectivity index (χ3v) is 7.69. The van der Waals surface area contributed by atoms with Gasteiger partial charge in [0.15, 0.2) is 6.29 Å². The minimum absolute atomic E-state index is 0.0382. The van der Waals surface area contributed by atoms with E-state index in [1.807, 2.05) is 0 Å². The van der Waals surface area contributed by atoms with Gasteiger partial charge in [-0.3, -0.25) is 0 Å². The van der Waals surface area contributed by atoms with Crippen LogP contribution in [0.4, 0.5) is 0 Å². The summed E-state index contributed by atoms with van der Waals surface area (Å²) in [7, 11) is 0. The van der Waals surface area contributed by atoms with Gasteiger partial charge in [-0.15, -0.1) is 0 Å². The topological polar surface area (TPSA) is 18.5 Å². The summed E-state index contributed by atoms with van der Waals surface area (Å²) in [5.41, 5.74) is 2.11. The Morgan fingerprint density at radius 2 is 1.82 bits per heavy atom. The highest BCUT2D eigenvalue weighted by Crippen LogP contribution is 2.69. The van der Waals surface area contributed by atoms with Crippen LogP contribution in [0.15, 0.2) is 30.3 Å². The number of benzene rings is 1. The van der Waals surface area contributed by atoms with Crippen molar-refractivity contribution in [3.63, 3.8) is 0 Å². The molecular weight excluding hydrogens is 272 g/mol. The normalized spacial score (nSPS) is 51.0. The van der Waals surface area contributed by atoms with Crippen molar-refractivity contribution >= 4 is 0 Å². The number of hydrogen-bond acceptors (Lipinski definition) is 2. The first-order chi connectivity index (χ1) is 10.5. The second-order valence-electron chi connectivity index (χ2n) is 8.73. The Kier molecular flexibility index (Phi) is 2.56. The SMILES string of the molecule is CC1(C)[C@@H]2CC[C@@]1(C)[C@@H]1O[C@H](C3CC3c3ccccc3)O[C@H]21. The molecule has 2 unspecified atom stereocenters. The van der Waals surface area contributed by atoms with Crippen LogP contribution in [0.25, 0.3) is 0 Å². The lowest BCUT2D eigenvalue weighted by molar-refractivity contribution is -0.123. The lowest BCUT2D eigenvalue weighted by atomic mass is 9.70. The molecule has 4 fully saturated rings. The highest BCUT2D eigenvalue weighted by Gasteiger charge is 2.71. The fourth-order valence-electron chi connectivity index (χ4n) is 5.75. The van der Waals surface area contributed by atoms with E-state index in [-0.39, 0.29) is 6.29 Å². The third-order valence-electron chi connectivity index (χ3n) is 7.69. The maximum atomic E-state index is 6.51. The van der Waals surface area contributed by atoms with Gasteiger partial charge in [-0.25, -0.2) is 0 Å². The average Bonchev–Trinajstić information content (AvgIpc) is 3.08. The predicted molar refractivity (Wildman–Crippen MR) is 85.4 cm³/mol. The highest BCUT2D eigenvalue weighted by atomic mass is 16.7. The van der Waals surface area contributed by atoms with Gasteiger partial charge in [-0.2, -0.15) is 0 Å². The molecule has 1 saturated heterocycles. The molecule has 1 aliphatic heterocycles. The highest BCUT2D eigenvalue weighted by molar-refractivity contribution is 5.27. The number of fused-ring (bicyclic) bond motifs is 5. The van der Waals surface area contributed by atoms with E-state index in [0.717, 1.165) is 0 Å². The van der Waals surface area contributed by atoms with Crippen LogP contribution in [0, 0.1) is 22.7 Å². The van der Waals surface area contributed by atoms with Crippen LogP contribution in [0.2, 0.25) is 0 Å². The molecule has 3 aliphatic carbocycles. The van der Waals surface area contributed by atoms with Gasteiger partial charge in [0.2, 0.25) is 0 Å². The molecule has 7 atom stereocenters. The van der Waals surface area contributed by atoms with Crippen LogP contribution >= 0.6 is 0 Å². The quantitative estimate of drug-likeness (QED) is 0.808. The van der Waals surface area contributed by atoms with E-state index in [0.29, 0.717) is 40.8 Å². The van der Waals surface area contributed by atoms with Crippen molar-refractivity contribution in [1.82, 2.24) is 0 Å². The lowest BCUT2D eigenvalue weighted by Crippen LogP contribution is -2.38. The maximum absolute atomic E-state index is 6.51. The van der Waals surface area contributed by atoms with Crippen molar-refractivity contribution < 1.29 is 9.47 Å². The molecule has 5 rings (SSSR count). The third kappa shape index (κ3) is 1.53. The Morgan fingerprint density at radius 3 is 2.55 bits per heavy atom. The van der Waals surface area contributed by atoms with E-state index in [9.17, 15) is 0 Å². The van der Waals surface area contributed by atoms with Crippen molar-refractivity contribution in [3.8, 4) is 0 Å². The Hall–Kier alpha value is -0.860. The van der Waals surface area contributed by atoms with Crippen LogP contribution in [0.1, 0.15) is 51.5 Å². The van der Waals surface area contributed by atoms with Gasteiger partial charge in [0, 0.05) is 11.3 Å². The van der Waals surface area contributed by atoms with E-state index in [1.165, 1.54) is 24.8 Å². The first-order valence-corrected chi connectivity index (χ1v) is 8.88. The minimum atomic E-state index is 0.0382. The largest absolute Gasteiger partial charge is 0.346 e. The van der Waals surface area contributed by atoms with E-state index in [2.05, 4.69) is 51.1 Å². The second kappa shape index (κ2) is 4.15. The van der Waals surface area contributed by atoms with Crippen molar-refractivity contribution in [2.75, 3.05) is 0 Å². The molecule has 1 aromatic carbocycles. The molecule has 0 N–H and O–H groups in total. The van der Waals surface area contributed by atoms with Gasteiger partial charge < -0.3 is 9.47 Å². The van der Waals surface area contributed by atoms with E-state index in [4.69, 9.17) is 9.47 Å². The zero-order chi connectivity index (χ0) is 15.1. The van der Waals surface area contributed by atoms with Crippen LogP contribution in [-0.2, 0) is 9.47 Å². The summed E-state index contributed by atoms with van der Waals surface area (Å²) >= 11 is 0. The number of rotatable bonds is 2. The van der Waals surface area contributed by atoms with Gasteiger partial charge in [-0.05, 0) is 42.1 Å². The molecule has 1 aromatic rings. The predicted octanol–water partition coefficient (Wildman–Crippen LogP) is 4.36. The molecule has 1 heterocycles. The molecular formula is C20H26O2. The van der Waals surface area contributed by atoms with Crippen LogP contribution in [-0.4, -0.2) is 18.5 Å². The summed E-state index contributed by atoms with van der Waals surface area (Å²) < 4.78 is 13.0. The van der Waals surface area contributed by atoms with Gasteiger partial charge in [-0.1, -0.05) is 51.1 Å². The van der Waals surface area contributed by atoms with Gasteiger partial charge in [0.1, 0.15) is 0 Å². The zero-order valence-electron chi connectivity index (χ0n) is 13.8. The first-order valence-electron chi connectivity index (χ1n) is 8.88. The van der Waals surface area contributed by atoms with Gasteiger partial charge in [0.25, 0.3) is 0 Å². The lowest BCUT2D eigenvalue weighted by Gasteiger charge is -2.38. The van der Waals surface area contributed by atoms with E-state index in [1.54, 1.807) is 0 Å². The molecule has 22 heavy (non-hydrogen) atoms. The summed E-state index contributed by atoms with van der Waals surface area (Å²) in [5, 5.41) is 0. The van der Waals surface area contributed by atoms with Crippen molar-refractivity contribution in [2.24, 2.45) is 22.7 Å². The molecule has 118 valence electrons. The Labute approximate surface area is 133 Å². The van der Waals surface area contributed by atoms with Crippen molar-refractivity contribution in [3.05, 3.63) is 35.9 Å². The summed E-state index contributed by atoms with van der Waals surface area (Å²) in [5.74, 6) is 1.89. The van der Waals surface area contributed by atoms with Crippen LogP contribution in [0.3, 0.4) is 0 Å². The fraction of sp³-hybridized carbons (Fsp3) is 0.700. The Balaban J connectivity index is 1.35. The van der Waals surface area contributed by atoms with Crippen molar-refractivity contribution in [2.45, 2.75) is 64.4 Å². The van der Waals surface area contributed by atoms with Crippen LogP contribution in [0.5, 0.6) is 0 Å².